The number of fused-ring (bicyclic) bond motifs is 1. The van der Waals surface area contributed by atoms with Gasteiger partial charge in [-0.1, -0.05) is 149 Å². The van der Waals surface area contributed by atoms with Crippen molar-refractivity contribution in [3.63, 3.8) is 0 Å². The lowest BCUT2D eigenvalue weighted by Crippen LogP contribution is -2.22. The number of carbonyl (C=O) groups excluding carboxylic acids is 1. The van der Waals surface area contributed by atoms with Gasteiger partial charge in [0.1, 0.15) is 75.3 Å². The number of hydrogen-bond donors (Lipinski definition) is 1. The Morgan fingerprint density at radius 2 is 0.902 bits per heavy atom. The molecular weight excluding hydrogens is 1040 g/mol. The molecule has 10 aromatic carbocycles. The summed E-state index contributed by atoms with van der Waals surface area (Å²) in [6.45, 7) is 12.4. The predicted octanol–water partition coefficient (Wildman–Crippen LogP) is 17.0. The van der Waals surface area contributed by atoms with E-state index in [9.17, 15) is 33.6 Å². The molecular formula is C70H53N3O8S. The first kappa shape index (κ1) is 55.0. The average molecular weight is 1100 g/mol. The molecule has 10 aromatic rings. The molecule has 0 radical (unpaired) electrons. The molecule has 0 saturated carbocycles. The summed E-state index contributed by atoms with van der Waals surface area (Å²) >= 11 is 0. The van der Waals surface area contributed by atoms with Gasteiger partial charge in [-0.2, -0.15) is 24.2 Å². The normalized spacial score (nSPS) is 11.5. The number of rotatable bonds is 16. The smallest absolute Gasteiger partial charge is 0.294 e. The number of carbonyl (C=O) groups is 1. The fourth-order valence-corrected chi connectivity index (χ4v) is 10.5. The summed E-state index contributed by atoms with van der Waals surface area (Å²) in [6.07, 6.45) is 0. The van der Waals surface area contributed by atoms with Crippen LogP contribution in [0.15, 0.2) is 211 Å². The second kappa shape index (κ2) is 22.5. The number of benzene rings is 10. The molecule has 0 atom stereocenters. The SMILES string of the molecule is Cc1ccc(-c2cccc(Oc3ccc(C(C)(C)c4cccc(C(C)(C)c5ccc(Oc6cccc(Oc7ccc8ccc(Oc9cccc(C)c9C#N)cc8c7)c6C#N)cc5)c4)cc3)c2C#N)c(C(=O)c2cccc(S(=O)(=O)O)c2)c1. The van der Waals surface area contributed by atoms with Gasteiger partial charge < -0.3 is 18.9 Å². The third-order valence-corrected chi connectivity index (χ3v) is 15.7. The Hall–Kier alpha value is -10.3. The van der Waals surface area contributed by atoms with Crippen molar-refractivity contribution in [2.45, 2.75) is 57.3 Å². The van der Waals surface area contributed by atoms with Crippen LogP contribution < -0.4 is 18.9 Å². The van der Waals surface area contributed by atoms with Gasteiger partial charge in [0.25, 0.3) is 10.1 Å². The highest BCUT2D eigenvalue weighted by Crippen LogP contribution is 2.42. The van der Waals surface area contributed by atoms with Crippen molar-refractivity contribution in [2.75, 3.05) is 0 Å². The van der Waals surface area contributed by atoms with E-state index in [4.69, 9.17) is 18.9 Å². The highest BCUT2D eigenvalue weighted by molar-refractivity contribution is 7.85. The molecule has 402 valence electrons. The Morgan fingerprint density at radius 1 is 0.439 bits per heavy atom. The lowest BCUT2D eigenvalue weighted by Gasteiger charge is -2.31. The van der Waals surface area contributed by atoms with E-state index in [1.165, 1.54) is 18.2 Å². The molecule has 0 unspecified atom stereocenters. The van der Waals surface area contributed by atoms with Crippen LogP contribution in [-0.4, -0.2) is 18.8 Å². The summed E-state index contributed by atoms with van der Waals surface area (Å²) in [5, 5.41) is 32.5. The molecule has 11 nitrogen and oxygen atoms in total. The maximum Gasteiger partial charge on any atom is 0.294 e. The van der Waals surface area contributed by atoms with E-state index in [0.717, 1.165) is 50.2 Å². The van der Waals surface area contributed by atoms with Crippen molar-refractivity contribution < 1.29 is 36.7 Å². The number of hydrogen-bond acceptors (Lipinski definition) is 10. The van der Waals surface area contributed by atoms with Crippen LogP contribution >= 0.6 is 0 Å². The molecule has 12 heteroatoms. The van der Waals surface area contributed by atoms with Crippen molar-refractivity contribution in [3.05, 3.63) is 267 Å². The molecule has 0 bridgehead atoms. The van der Waals surface area contributed by atoms with Crippen LogP contribution in [0.3, 0.4) is 0 Å². The Labute approximate surface area is 476 Å². The van der Waals surface area contributed by atoms with Crippen LogP contribution in [0.1, 0.15) is 93.7 Å². The number of nitriles is 3. The molecule has 0 spiro atoms. The molecule has 82 heavy (non-hydrogen) atoms. The second-order valence-electron chi connectivity index (χ2n) is 20.9. The minimum atomic E-state index is -4.55. The Balaban J connectivity index is 0.826. The van der Waals surface area contributed by atoms with Crippen LogP contribution in [0.25, 0.3) is 21.9 Å². The first-order valence-corrected chi connectivity index (χ1v) is 27.6. The maximum atomic E-state index is 14.0. The van der Waals surface area contributed by atoms with E-state index in [2.05, 4.69) is 70.2 Å². The fraction of sp³-hybridized carbons (Fsp3) is 0.114. The minimum absolute atomic E-state index is 0.0614. The molecule has 0 saturated heterocycles. The van der Waals surface area contributed by atoms with Gasteiger partial charge in [0.15, 0.2) is 5.78 Å². The maximum absolute atomic E-state index is 14.0. The van der Waals surface area contributed by atoms with Gasteiger partial charge in [-0.05, 0) is 149 Å². The van der Waals surface area contributed by atoms with Crippen LogP contribution in [0.4, 0.5) is 0 Å². The van der Waals surface area contributed by atoms with Crippen molar-refractivity contribution in [1.82, 2.24) is 0 Å². The van der Waals surface area contributed by atoms with Crippen LogP contribution in [-0.2, 0) is 20.9 Å². The van der Waals surface area contributed by atoms with Crippen LogP contribution in [0, 0.1) is 47.8 Å². The zero-order valence-electron chi connectivity index (χ0n) is 45.7. The number of ketones is 1. The predicted molar refractivity (Wildman–Crippen MR) is 316 cm³/mol. The third-order valence-electron chi connectivity index (χ3n) is 14.8. The summed E-state index contributed by atoms with van der Waals surface area (Å²) in [4.78, 5) is 13.6. The van der Waals surface area contributed by atoms with E-state index in [-0.39, 0.29) is 28.0 Å². The summed E-state index contributed by atoms with van der Waals surface area (Å²) < 4.78 is 58.7. The number of nitrogens with zero attached hydrogens (tertiary/aromatic N) is 3. The fourth-order valence-electron chi connectivity index (χ4n) is 10.00. The molecule has 0 amide bonds. The number of aryl methyl sites for hydroxylation is 2. The largest absolute Gasteiger partial charge is 0.456 e. The van der Waals surface area contributed by atoms with Crippen molar-refractivity contribution in [3.8, 4) is 75.3 Å². The summed E-state index contributed by atoms with van der Waals surface area (Å²) in [7, 11) is -4.55. The van der Waals surface area contributed by atoms with E-state index in [1.54, 1.807) is 54.6 Å². The zero-order valence-corrected chi connectivity index (χ0v) is 46.5. The molecule has 0 aliphatic carbocycles. The quantitative estimate of drug-likeness (QED) is 0.0718. The first-order valence-electron chi connectivity index (χ1n) is 26.2. The lowest BCUT2D eigenvalue weighted by molar-refractivity contribution is 0.103. The Kier molecular flexibility index (Phi) is 15.1. The molecule has 0 aromatic heterocycles. The molecule has 0 aliphatic rings. The van der Waals surface area contributed by atoms with E-state index in [0.29, 0.717) is 56.9 Å². The molecule has 1 N–H and O–H groups in total. The zero-order chi connectivity index (χ0) is 57.9. The standard InChI is InChI=1S/C70H53N3O8S/c1-44-22-35-59(60(36-44)68(74)47-13-8-16-57(39-47)82(75,76)77)58-17-10-19-65(62(58)42-72)78-53-31-25-49(26-32-53)69(3,4)51-14-9-15-52(40-51)70(5,6)50-27-33-54(34-28-50)79-66-20-11-21-67(63(66)43-73)81-56-30-24-46-23-29-55(37-48(46)38-56)80-64-18-7-12-45(2)61(64)41-71/h7-40H,1-6H3,(H,75,76,77). The highest BCUT2D eigenvalue weighted by atomic mass is 32.2. The average Bonchev–Trinajstić information content (AvgIpc) is 3.68. The summed E-state index contributed by atoms with van der Waals surface area (Å²) in [5.41, 5.74) is 7.20. The Morgan fingerprint density at radius 3 is 1.44 bits per heavy atom. The molecule has 0 fully saturated rings. The van der Waals surface area contributed by atoms with Crippen LogP contribution in [0.2, 0.25) is 0 Å². The van der Waals surface area contributed by atoms with E-state index in [1.807, 2.05) is 117 Å². The lowest BCUT2D eigenvalue weighted by atomic mass is 9.73. The third kappa shape index (κ3) is 11.3. The number of ether oxygens (including phenoxy) is 4. The second-order valence-corrected chi connectivity index (χ2v) is 22.4. The first-order chi connectivity index (χ1) is 39.3. The van der Waals surface area contributed by atoms with E-state index >= 15 is 0 Å². The van der Waals surface area contributed by atoms with Gasteiger partial charge in [0, 0.05) is 27.5 Å². The highest BCUT2D eigenvalue weighted by Gasteiger charge is 2.29. The van der Waals surface area contributed by atoms with Gasteiger partial charge >= 0.3 is 0 Å². The van der Waals surface area contributed by atoms with Gasteiger partial charge in [-0.15, -0.1) is 0 Å². The Bertz CT molecular complexity index is 4390. The van der Waals surface area contributed by atoms with Gasteiger partial charge in [-0.3, -0.25) is 9.35 Å². The van der Waals surface area contributed by atoms with Gasteiger partial charge in [-0.25, -0.2) is 0 Å². The summed E-state index contributed by atoms with van der Waals surface area (Å²) in [5.74, 6) is 3.12. The minimum Gasteiger partial charge on any atom is -0.456 e. The van der Waals surface area contributed by atoms with Gasteiger partial charge in [0.2, 0.25) is 0 Å². The van der Waals surface area contributed by atoms with E-state index < -0.39 is 31.6 Å². The monoisotopic (exact) mass is 1100 g/mol. The van der Waals surface area contributed by atoms with Crippen molar-refractivity contribution >= 4 is 26.7 Å². The summed E-state index contributed by atoms with van der Waals surface area (Å²) in [6, 6.07) is 68.7. The topological polar surface area (TPSA) is 180 Å². The van der Waals surface area contributed by atoms with Crippen molar-refractivity contribution in [1.29, 1.82) is 15.8 Å². The van der Waals surface area contributed by atoms with Crippen molar-refractivity contribution in [2.24, 2.45) is 0 Å². The van der Waals surface area contributed by atoms with Gasteiger partial charge in [0.05, 0.1) is 10.5 Å². The molecule has 0 heterocycles. The van der Waals surface area contributed by atoms with Crippen LogP contribution in [0.5, 0.6) is 46.0 Å². The molecule has 10 rings (SSSR count). The molecule has 0 aliphatic heterocycles.